The maximum atomic E-state index is 14.4. The van der Waals surface area contributed by atoms with Crippen molar-refractivity contribution < 1.29 is 17.5 Å². The minimum absolute atomic E-state index is 0.182. The number of nitrogens with zero attached hydrogens (tertiary/aromatic N) is 3. The molecule has 0 aromatic heterocycles. The summed E-state index contributed by atoms with van der Waals surface area (Å²) in [5.41, 5.74) is 2.41. The zero-order valence-corrected chi connectivity index (χ0v) is 20.5. The van der Waals surface area contributed by atoms with Gasteiger partial charge in [-0.3, -0.25) is 9.34 Å². The highest BCUT2D eigenvalue weighted by Gasteiger charge is 2.42. The second-order valence-corrected chi connectivity index (χ2v) is 12.1. The standard InChI is InChI=1S/C24H28N3O4PS/c1-21-13-15-24(16-14-21)33(29,30)25-17-19-26(22-9-5-3-6-10-22)32(28,31-2)27(20-18-25)23-11-7-4-8-12-23/h3-16H,17-20H2,1-2H3. The van der Waals surface area contributed by atoms with Crippen LogP contribution in [0, 0.1) is 6.92 Å². The average molecular weight is 486 g/mol. The summed E-state index contributed by atoms with van der Waals surface area (Å²) in [6.45, 7) is 2.71. The predicted octanol–water partition coefficient (Wildman–Crippen LogP) is 4.77. The van der Waals surface area contributed by atoms with Gasteiger partial charge in [-0.15, -0.1) is 0 Å². The van der Waals surface area contributed by atoms with Gasteiger partial charge in [0.05, 0.1) is 4.90 Å². The highest BCUT2D eigenvalue weighted by atomic mass is 32.2. The van der Waals surface area contributed by atoms with Gasteiger partial charge in [0, 0.05) is 44.7 Å². The molecule has 1 saturated heterocycles. The predicted molar refractivity (Wildman–Crippen MR) is 132 cm³/mol. The fourth-order valence-corrected chi connectivity index (χ4v) is 7.57. The lowest BCUT2D eigenvalue weighted by atomic mass is 10.2. The molecule has 174 valence electrons. The van der Waals surface area contributed by atoms with Gasteiger partial charge in [0.1, 0.15) is 0 Å². The van der Waals surface area contributed by atoms with Gasteiger partial charge in [0.2, 0.25) is 10.0 Å². The van der Waals surface area contributed by atoms with Gasteiger partial charge >= 0.3 is 7.67 Å². The molecule has 0 saturated carbocycles. The van der Waals surface area contributed by atoms with Crippen molar-refractivity contribution in [3.8, 4) is 0 Å². The van der Waals surface area contributed by atoms with Crippen molar-refractivity contribution in [1.29, 1.82) is 0 Å². The molecule has 0 amide bonds. The minimum atomic E-state index is -3.72. The molecule has 1 fully saturated rings. The number of hydrogen-bond donors (Lipinski definition) is 0. The summed E-state index contributed by atoms with van der Waals surface area (Å²) < 4.78 is 51.9. The first kappa shape index (κ1) is 23.5. The highest BCUT2D eigenvalue weighted by molar-refractivity contribution is 7.89. The van der Waals surface area contributed by atoms with E-state index in [9.17, 15) is 13.0 Å². The third-order valence-corrected chi connectivity index (χ3v) is 10.2. The molecule has 1 aliphatic heterocycles. The Labute approximate surface area is 195 Å². The zero-order chi connectivity index (χ0) is 23.5. The average Bonchev–Trinajstić information content (AvgIpc) is 2.83. The van der Waals surface area contributed by atoms with Crippen molar-refractivity contribution in [2.24, 2.45) is 0 Å². The Bertz CT molecular complexity index is 1170. The third-order valence-electron chi connectivity index (χ3n) is 5.74. The van der Waals surface area contributed by atoms with E-state index in [2.05, 4.69) is 0 Å². The van der Waals surface area contributed by atoms with E-state index >= 15 is 0 Å². The van der Waals surface area contributed by atoms with Crippen LogP contribution in [-0.2, 0) is 19.1 Å². The van der Waals surface area contributed by atoms with Crippen LogP contribution in [0.1, 0.15) is 5.56 Å². The van der Waals surface area contributed by atoms with Gasteiger partial charge in [-0.2, -0.15) is 4.31 Å². The first-order valence-corrected chi connectivity index (χ1v) is 13.7. The maximum absolute atomic E-state index is 14.4. The van der Waals surface area contributed by atoms with E-state index in [1.807, 2.05) is 67.6 Å². The summed E-state index contributed by atoms with van der Waals surface area (Å²) in [6, 6.07) is 25.5. The molecule has 0 aliphatic carbocycles. The number of sulfonamides is 1. The molecule has 7 nitrogen and oxygen atoms in total. The number of aryl methyl sites for hydroxylation is 1. The van der Waals surface area contributed by atoms with Crippen LogP contribution in [0.4, 0.5) is 11.4 Å². The SMILES string of the molecule is COP1(=O)N(c2ccccc2)CCN(S(=O)(=O)c2ccc(C)cc2)CCN1c1ccccc1. The normalized spacial score (nSPS) is 17.4. The summed E-state index contributed by atoms with van der Waals surface area (Å²) in [7, 11) is -5.83. The number of anilines is 2. The molecule has 0 radical (unpaired) electrons. The van der Waals surface area contributed by atoms with Crippen LogP contribution in [0.25, 0.3) is 0 Å². The van der Waals surface area contributed by atoms with E-state index in [1.54, 1.807) is 33.6 Å². The van der Waals surface area contributed by atoms with Crippen molar-refractivity contribution >= 4 is 29.1 Å². The summed E-state index contributed by atoms with van der Waals surface area (Å²) in [5.74, 6) is 0. The van der Waals surface area contributed by atoms with Gasteiger partial charge in [0.25, 0.3) is 0 Å². The highest BCUT2D eigenvalue weighted by Crippen LogP contribution is 2.57. The van der Waals surface area contributed by atoms with Crippen molar-refractivity contribution in [1.82, 2.24) is 4.31 Å². The van der Waals surface area contributed by atoms with E-state index in [0.717, 1.165) is 5.56 Å². The van der Waals surface area contributed by atoms with E-state index in [0.29, 0.717) is 11.4 Å². The molecule has 33 heavy (non-hydrogen) atoms. The Balaban J connectivity index is 1.77. The fraction of sp³-hybridized carbons (Fsp3) is 0.250. The van der Waals surface area contributed by atoms with Gasteiger partial charge in [0.15, 0.2) is 0 Å². The number of hydrogen-bond acceptors (Lipinski definition) is 4. The van der Waals surface area contributed by atoms with Crippen LogP contribution >= 0.6 is 7.67 Å². The molecule has 9 heteroatoms. The first-order valence-electron chi connectivity index (χ1n) is 10.7. The monoisotopic (exact) mass is 485 g/mol. The Morgan fingerprint density at radius 3 is 1.61 bits per heavy atom. The topological polar surface area (TPSA) is 70.2 Å². The Morgan fingerprint density at radius 2 is 1.18 bits per heavy atom. The molecular weight excluding hydrogens is 457 g/mol. The molecule has 0 unspecified atom stereocenters. The van der Waals surface area contributed by atoms with Crippen LogP contribution in [0.3, 0.4) is 0 Å². The molecule has 0 atom stereocenters. The molecule has 1 heterocycles. The molecule has 1 aliphatic rings. The van der Waals surface area contributed by atoms with E-state index in [-0.39, 0.29) is 31.1 Å². The van der Waals surface area contributed by atoms with Crippen LogP contribution < -0.4 is 9.34 Å². The van der Waals surface area contributed by atoms with Gasteiger partial charge < -0.3 is 4.52 Å². The van der Waals surface area contributed by atoms with Gasteiger partial charge in [-0.25, -0.2) is 13.0 Å². The lowest BCUT2D eigenvalue weighted by molar-refractivity contribution is 0.366. The summed E-state index contributed by atoms with van der Waals surface area (Å²) in [5, 5.41) is 0. The molecular formula is C24H28N3O4PS. The molecule has 3 aromatic rings. The van der Waals surface area contributed by atoms with Crippen molar-refractivity contribution in [3.63, 3.8) is 0 Å². The van der Waals surface area contributed by atoms with E-state index in [1.165, 1.54) is 11.4 Å². The minimum Gasteiger partial charge on any atom is -0.301 e. The number of rotatable bonds is 5. The van der Waals surface area contributed by atoms with Gasteiger partial charge in [-0.1, -0.05) is 54.1 Å². The maximum Gasteiger partial charge on any atom is 0.396 e. The van der Waals surface area contributed by atoms with Crippen LogP contribution in [-0.4, -0.2) is 46.0 Å². The summed E-state index contributed by atoms with van der Waals surface area (Å²) in [4.78, 5) is 0.251. The lowest BCUT2D eigenvalue weighted by Gasteiger charge is -2.43. The van der Waals surface area contributed by atoms with Crippen molar-refractivity contribution in [3.05, 3.63) is 90.5 Å². The molecule has 4 rings (SSSR count). The van der Waals surface area contributed by atoms with Gasteiger partial charge in [-0.05, 0) is 43.3 Å². The Morgan fingerprint density at radius 1 is 0.727 bits per heavy atom. The number of para-hydroxylation sites is 2. The first-order chi connectivity index (χ1) is 15.9. The molecule has 0 N–H and O–H groups in total. The Kier molecular flexibility index (Phi) is 6.91. The van der Waals surface area contributed by atoms with E-state index < -0.39 is 17.7 Å². The zero-order valence-electron chi connectivity index (χ0n) is 18.7. The smallest absolute Gasteiger partial charge is 0.301 e. The number of benzene rings is 3. The Hall–Kier alpha value is -2.64. The largest absolute Gasteiger partial charge is 0.396 e. The van der Waals surface area contributed by atoms with Crippen LogP contribution in [0.2, 0.25) is 0 Å². The second-order valence-electron chi connectivity index (χ2n) is 7.81. The summed E-state index contributed by atoms with van der Waals surface area (Å²) >= 11 is 0. The molecule has 0 bridgehead atoms. The van der Waals surface area contributed by atoms with Crippen molar-refractivity contribution in [2.45, 2.75) is 11.8 Å². The third kappa shape index (κ3) is 4.70. The van der Waals surface area contributed by atoms with Crippen molar-refractivity contribution in [2.75, 3.05) is 42.6 Å². The quantitative estimate of drug-likeness (QED) is 0.485. The molecule has 3 aromatic carbocycles. The van der Waals surface area contributed by atoms with Crippen LogP contribution in [0.15, 0.2) is 89.8 Å². The summed E-state index contributed by atoms with van der Waals surface area (Å²) in [6.07, 6.45) is 0. The van der Waals surface area contributed by atoms with E-state index in [4.69, 9.17) is 4.52 Å². The molecule has 0 spiro atoms. The lowest BCUT2D eigenvalue weighted by Crippen LogP contribution is -2.47. The second kappa shape index (κ2) is 9.69. The fourth-order valence-electron chi connectivity index (χ4n) is 3.95. The van der Waals surface area contributed by atoms with Crippen LogP contribution in [0.5, 0.6) is 0 Å².